The van der Waals surface area contributed by atoms with E-state index in [1.165, 1.54) is 19.3 Å². The molecule has 0 spiro atoms. The van der Waals surface area contributed by atoms with Crippen molar-refractivity contribution in [2.45, 2.75) is 32.7 Å². The van der Waals surface area contributed by atoms with Crippen molar-refractivity contribution in [2.75, 3.05) is 0 Å². The Morgan fingerprint density at radius 2 is 1.82 bits per heavy atom. The molecule has 0 aliphatic carbocycles. The van der Waals surface area contributed by atoms with Gasteiger partial charge in [-0.2, -0.15) is 0 Å². The molecule has 4 heteroatoms. The molecule has 0 fully saturated rings. The van der Waals surface area contributed by atoms with Gasteiger partial charge >= 0.3 is 26.2 Å². The first-order valence-electron chi connectivity index (χ1n) is 3.24. The van der Waals surface area contributed by atoms with E-state index in [0.717, 1.165) is 9.52 Å². The van der Waals surface area contributed by atoms with Gasteiger partial charge < -0.3 is 24.8 Å². The number of rotatable bonds is 4. The van der Waals surface area contributed by atoms with Gasteiger partial charge in [0.1, 0.15) is 0 Å². The third-order valence-corrected chi connectivity index (χ3v) is 1.58. The molecule has 0 aliphatic rings. The van der Waals surface area contributed by atoms with Crippen LogP contribution in [0.15, 0.2) is 11.8 Å². The van der Waals surface area contributed by atoms with Crippen LogP contribution >= 0.6 is 0 Å². The normalized spacial score (nSPS) is 7.82. The molecule has 0 N–H and O–H groups in total. The van der Waals surface area contributed by atoms with E-state index in [1.807, 2.05) is 0 Å². The van der Waals surface area contributed by atoms with Crippen LogP contribution in [-0.4, -0.2) is 9.52 Å². The maximum atomic E-state index is 2.28. The zero-order valence-corrected chi connectivity index (χ0v) is 12.0. The summed E-state index contributed by atoms with van der Waals surface area (Å²) in [6.45, 7) is 4.42. The molecular weight excluding hydrogens is 274 g/mol. The van der Waals surface area contributed by atoms with Crippen LogP contribution in [-0.2, 0) is 26.2 Å². The van der Waals surface area contributed by atoms with E-state index in [9.17, 15) is 0 Å². The Labute approximate surface area is 104 Å². The Morgan fingerprint density at radius 3 is 2.18 bits per heavy atom. The fourth-order valence-electron chi connectivity index (χ4n) is 0.523. The van der Waals surface area contributed by atoms with Crippen molar-refractivity contribution in [3.63, 3.8) is 0 Å². The summed E-state index contributed by atoms with van der Waals surface area (Å²) in [4.78, 5) is 0. The summed E-state index contributed by atoms with van der Waals surface area (Å²) >= 11 is 0. The first-order chi connectivity index (χ1) is 3.91. The number of halogens is 2. The zero-order chi connectivity index (χ0) is 6.24. The average Bonchev–Trinajstić information content (AvgIpc) is 1.81. The molecule has 0 aromatic rings. The van der Waals surface area contributed by atoms with Crippen molar-refractivity contribution in [2.24, 2.45) is 0 Å². The van der Waals surface area contributed by atoms with Gasteiger partial charge in [-0.15, -0.1) is 5.70 Å². The first kappa shape index (κ1) is 22.8. The minimum Gasteiger partial charge on any atom is -1.00 e. The van der Waals surface area contributed by atoms with Crippen LogP contribution in [0.3, 0.4) is 0 Å². The van der Waals surface area contributed by atoms with E-state index < -0.39 is 0 Å². The van der Waals surface area contributed by atoms with Crippen LogP contribution in [0.5, 0.6) is 0 Å². The molecule has 0 rings (SSSR count). The minimum absolute atomic E-state index is 0. The van der Waals surface area contributed by atoms with Gasteiger partial charge in [0.15, 0.2) is 0 Å². The molecule has 0 amide bonds. The third kappa shape index (κ3) is 24.6. The second kappa shape index (κ2) is 22.5. The Hall–Kier alpha value is 1.42. The van der Waals surface area contributed by atoms with Crippen LogP contribution < -0.4 is 24.8 Å². The van der Waals surface area contributed by atoms with E-state index in [-0.39, 0.29) is 51.0 Å². The quantitative estimate of drug-likeness (QED) is 0.371. The molecule has 0 heterocycles. The standard InChI is InChI=1S/C7H14Si.2ClH.Zr/c1-3-4-5-6-7-8-2;;;/h6-7H,3-5H2,1-2H3;2*1H;/q;;;+2/p-2/b7-6+;;;. The van der Waals surface area contributed by atoms with Crippen LogP contribution in [0.25, 0.3) is 0 Å². The fraction of sp³-hybridized carbons (Fsp3) is 0.714. The molecule has 0 nitrogen and oxygen atoms in total. The Bertz CT molecular complexity index is 69.5. The van der Waals surface area contributed by atoms with Gasteiger partial charge in [-0.3, -0.25) is 0 Å². The maximum Gasteiger partial charge on any atom is 2.00 e. The maximum absolute atomic E-state index is 2.28. The summed E-state index contributed by atoms with van der Waals surface area (Å²) in [5.41, 5.74) is 2.26. The van der Waals surface area contributed by atoms with Gasteiger partial charge in [0.25, 0.3) is 0 Å². The van der Waals surface area contributed by atoms with E-state index in [4.69, 9.17) is 0 Å². The molecular formula is C7H14Cl2SiZr. The van der Waals surface area contributed by atoms with Crippen molar-refractivity contribution in [1.29, 1.82) is 0 Å². The number of hydrogen-bond acceptors (Lipinski definition) is 0. The zero-order valence-electron chi connectivity index (χ0n) is 7.03. The molecule has 0 aromatic heterocycles. The van der Waals surface area contributed by atoms with Gasteiger partial charge in [0, 0.05) is 0 Å². The second-order valence-electron chi connectivity index (χ2n) is 1.83. The van der Waals surface area contributed by atoms with Crippen LogP contribution in [0.1, 0.15) is 26.2 Å². The molecule has 0 saturated heterocycles. The van der Waals surface area contributed by atoms with Gasteiger partial charge in [-0.1, -0.05) is 32.4 Å². The summed E-state index contributed by atoms with van der Waals surface area (Å²) in [6.07, 6.45) is 6.22. The average molecular weight is 288 g/mol. The Balaban J connectivity index is -0.0000000817. The van der Waals surface area contributed by atoms with Gasteiger partial charge in [0.2, 0.25) is 0 Å². The summed E-state index contributed by atoms with van der Waals surface area (Å²) in [5, 5.41) is 0. The molecule has 11 heavy (non-hydrogen) atoms. The van der Waals surface area contributed by atoms with E-state index >= 15 is 0 Å². The molecule has 64 valence electrons. The molecule has 2 radical (unpaired) electrons. The molecule has 0 aromatic carbocycles. The monoisotopic (exact) mass is 286 g/mol. The van der Waals surface area contributed by atoms with Crippen LogP contribution in [0.4, 0.5) is 0 Å². The van der Waals surface area contributed by atoms with E-state index in [2.05, 4.69) is 25.2 Å². The first-order valence-corrected chi connectivity index (χ1v) is 4.81. The van der Waals surface area contributed by atoms with Crippen molar-refractivity contribution >= 4 is 9.52 Å². The minimum atomic E-state index is 0. The topological polar surface area (TPSA) is 0 Å². The second-order valence-corrected chi connectivity index (χ2v) is 2.74. The van der Waals surface area contributed by atoms with Crippen LogP contribution in [0, 0.1) is 0 Å². The molecule has 0 aliphatic heterocycles. The Kier molecular flexibility index (Phi) is 46.8. The summed E-state index contributed by atoms with van der Waals surface area (Å²) in [7, 11) is 0.988. The molecule has 0 atom stereocenters. The SMILES string of the molecule is CCCC/C=C/[Si]C.[Cl-].[Cl-].[Zr+2]. The summed E-state index contributed by atoms with van der Waals surface area (Å²) in [5.74, 6) is 0. The molecule has 0 saturated carbocycles. The largest absolute Gasteiger partial charge is 2.00 e. The molecule has 0 unspecified atom stereocenters. The van der Waals surface area contributed by atoms with E-state index in [1.54, 1.807) is 0 Å². The Morgan fingerprint density at radius 1 is 1.27 bits per heavy atom. The smallest absolute Gasteiger partial charge is 1.00 e. The molecule has 0 bridgehead atoms. The van der Waals surface area contributed by atoms with Gasteiger partial charge in [-0.05, 0) is 6.42 Å². The van der Waals surface area contributed by atoms with Gasteiger partial charge in [0.05, 0.1) is 9.52 Å². The van der Waals surface area contributed by atoms with Crippen molar-refractivity contribution < 1.29 is 51.0 Å². The van der Waals surface area contributed by atoms with Crippen molar-refractivity contribution in [1.82, 2.24) is 0 Å². The van der Waals surface area contributed by atoms with Crippen LogP contribution in [0.2, 0.25) is 6.55 Å². The van der Waals surface area contributed by atoms with Gasteiger partial charge in [-0.25, -0.2) is 0 Å². The summed E-state index contributed by atoms with van der Waals surface area (Å²) < 4.78 is 0. The fourth-order valence-corrected chi connectivity index (χ4v) is 0.926. The number of allylic oxidation sites excluding steroid dienone is 1. The van der Waals surface area contributed by atoms with E-state index in [0.29, 0.717) is 0 Å². The third-order valence-electron chi connectivity index (χ3n) is 1.01. The van der Waals surface area contributed by atoms with Crippen molar-refractivity contribution in [3.8, 4) is 0 Å². The number of hydrogen-bond donors (Lipinski definition) is 0. The van der Waals surface area contributed by atoms with Crippen molar-refractivity contribution in [3.05, 3.63) is 11.8 Å². The predicted octanol–water partition coefficient (Wildman–Crippen LogP) is -3.55. The summed E-state index contributed by atoms with van der Waals surface area (Å²) in [6, 6.07) is 0. The number of unbranched alkanes of at least 4 members (excludes halogenated alkanes) is 2. The predicted molar refractivity (Wildman–Crippen MR) is 40.3 cm³/mol.